The summed E-state index contributed by atoms with van der Waals surface area (Å²) in [4.78, 5) is 1.46. The highest BCUT2D eigenvalue weighted by Crippen LogP contribution is 2.82. The van der Waals surface area contributed by atoms with Crippen LogP contribution in [0.1, 0.15) is 6.42 Å². The SMILES string of the molecule is S=C1C2C3CC4C2C(Cl)C2C1C3C42. The Hall–Kier alpha value is 0.380. The molecule has 2 heteroatoms. The van der Waals surface area contributed by atoms with E-state index >= 15 is 0 Å². The smallest absolute Gasteiger partial charge is 0.0410 e. The maximum atomic E-state index is 6.55. The summed E-state index contributed by atoms with van der Waals surface area (Å²) < 4.78 is 0. The number of hydrogen-bond donors (Lipinski definition) is 0. The summed E-state index contributed by atoms with van der Waals surface area (Å²) in [5, 5.41) is 0.514. The first-order valence-corrected chi connectivity index (χ1v) is 6.33. The van der Waals surface area contributed by atoms with Crippen molar-refractivity contribution in [2.45, 2.75) is 11.8 Å². The van der Waals surface area contributed by atoms with Crippen molar-refractivity contribution in [1.29, 1.82) is 0 Å². The lowest BCUT2D eigenvalue weighted by atomic mass is 9.60. The van der Waals surface area contributed by atoms with Gasteiger partial charge in [0.25, 0.3) is 0 Å². The lowest BCUT2D eigenvalue weighted by Gasteiger charge is -2.46. The molecule has 0 saturated heterocycles. The Bertz CT molecular complexity index is 352. The van der Waals surface area contributed by atoms with Crippen molar-refractivity contribution in [3.63, 3.8) is 0 Å². The van der Waals surface area contributed by atoms with Crippen molar-refractivity contribution < 1.29 is 0 Å². The van der Waals surface area contributed by atoms with Gasteiger partial charge in [-0.2, -0.15) is 0 Å². The summed E-state index contributed by atoms with van der Waals surface area (Å²) in [6.07, 6.45) is 1.49. The second-order valence-electron chi connectivity index (χ2n) is 5.77. The van der Waals surface area contributed by atoms with Crippen LogP contribution in [0.4, 0.5) is 0 Å². The number of alkyl halides is 1. The van der Waals surface area contributed by atoms with E-state index in [1.165, 1.54) is 11.3 Å². The van der Waals surface area contributed by atoms with E-state index < -0.39 is 0 Å². The van der Waals surface area contributed by atoms with Gasteiger partial charge in [-0.1, -0.05) is 12.2 Å². The lowest BCUT2D eigenvalue weighted by Crippen LogP contribution is -2.47. The highest BCUT2D eigenvalue weighted by Gasteiger charge is 2.82. The summed E-state index contributed by atoms with van der Waals surface area (Å²) in [6, 6.07) is 0. The molecular weight excluding hydrogens is 200 g/mol. The molecule has 0 aromatic rings. The molecule has 5 saturated carbocycles. The normalized spacial score (nSPS) is 79.8. The molecule has 0 nitrogen and oxygen atoms in total. The van der Waals surface area contributed by atoms with Crippen molar-refractivity contribution in [2.24, 2.45) is 47.3 Å². The van der Waals surface area contributed by atoms with Gasteiger partial charge in [-0.25, -0.2) is 0 Å². The van der Waals surface area contributed by atoms with E-state index in [9.17, 15) is 0 Å². The van der Waals surface area contributed by atoms with E-state index in [2.05, 4.69) is 0 Å². The minimum absolute atomic E-state index is 0.514. The van der Waals surface area contributed by atoms with Crippen molar-refractivity contribution in [3.05, 3.63) is 0 Å². The molecule has 2 bridgehead atoms. The lowest BCUT2D eigenvalue weighted by molar-refractivity contribution is 0.0520. The quantitative estimate of drug-likeness (QED) is 0.437. The third kappa shape index (κ3) is 0.420. The minimum Gasteiger partial charge on any atom is -0.122 e. The zero-order valence-electron chi connectivity index (χ0n) is 7.19. The molecular formula is C11H11ClS. The average molecular weight is 211 g/mol. The van der Waals surface area contributed by atoms with Crippen LogP contribution in [0.5, 0.6) is 0 Å². The second-order valence-corrected chi connectivity index (χ2v) is 6.75. The molecule has 68 valence electrons. The summed E-state index contributed by atoms with van der Waals surface area (Å²) in [5.74, 6) is 7.31. The predicted octanol–water partition coefficient (Wildman–Crippen LogP) is 2.35. The predicted molar refractivity (Wildman–Crippen MR) is 54.8 cm³/mol. The van der Waals surface area contributed by atoms with Crippen LogP contribution in [-0.2, 0) is 0 Å². The Morgan fingerprint density at radius 3 is 2.69 bits per heavy atom. The molecule has 0 heterocycles. The van der Waals surface area contributed by atoms with Crippen LogP contribution < -0.4 is 0 Å². The Labute approximate surface area is 88.0 Å². The number of fused-ring (bicyclic) bond motifs is 2. The van der Waals surface area contributed by atoms with E-state index in [-0.39, 0.29) is 0 Å². The molecule has 5 rings (SSSR count). The molecule has 9 unspecified atom stereocenters. The first kappa shape index (κ1) is 6.79. The van der Waals surface area contributed by atoms with Crippen LogP contribution in [0.2, 0.25) is 0 Å². The third-order valence-corrected chi connectivity index (χ3v) is 7.14. The van der Waals surface area contributed by atoms with Gasteiger partial charge in [0, 0.05) is 10.2 Å². The number of thiocarbonyl (C=S) groups is 1. The first-order valence-electron chi connectivity index (χ1n) is 5.48. The van der Waals surface area contributed by atoms with Gasteiger partial charge >= 0.3 is 0 Å². The Morgan fingerprint density at radius 2 is 1.85 bits per heavy atom. The van der Waals surface area contributed by atoms with Gasteiger partial charge in [-0.15, -0.1) is 11.6 Å². The topological polar surface area (TPSA) is 0 Å². The third-order valence-electron chi connectivity index (χ3n) is 6.01. The van der Waals surface area contributed by atoms with Crippen LogP contribution >= 0.6 is 23.8 Å². The van der Waals surface area contributed by atoms with Crippen LogP contribution in [-0.4, -0.2) is 10.2 Å². The van der Waals surface area contributed by atoms with Gasteiger partial charge in [-0.05, 0) is 53.8 Å². The Balaban J connectivity index is 1.87. The molecule has 5 aliphatic carbocycles. The molecule has 5 fully saturated rings. The summed E-state index contributed by atoms with van der Waals surface area (Å²) >= 11 is 12.2. The second kappa shape index (κ2) is 1.63. The van der Waals surface area contributed by atoms with Gasteiger partial charge in [0.2, 0.25) is 0 Å². The van der Waals surface area contributed by atoms with Crippen LogP contribution in [0, 0.1) is 47.3 Å². The number of rotatable bonds is 0. The van der Waals surface area contributed by atoms with Gasteiger partial charge < -0.3 is 0 Å². The molecule has 5 aliphatic rings. The molecule has 0 aliphatic heterocycles. The van der Waals surface area contributed by atoms with Crippen molar-refractivity contribution in [3.8, 4) is 0 Å². The zero-order valence-corrected chi connectivity index (χ0v) is 8.76. The largest absolute Gasteiger partial charge is 0.122 e. The number of halogens is 1. The fraction of sp³-hybridized carbons (Fsp3) is 0.909. The maximum Gasteiger partial charge on any atom is 0.0410 e. The van der Waals surface area contributed by atoms with E-state index in [4.69, 9.17) is 23.8 Å². The average Bonchev–Trinajstić information content (AvgIpc) is 2.52. The van der Waals surface area contributed by atoms with Gasteiger partial charge in [0.1, 0.15) is 0 Å². The molecule has 0 N–H and O–H groups in total. The van der Waals surface area contributed by atoms with Gasteiger partial charge in [0.05, 0.1) is 0 Å². The Morgan fingerprint density at radius 1 is 1.00 bits per heavy atom. The molecule has 0 radical (unpaired) electrons. The van der Waals surface area contributed by atoms with Gasteiger partial charge in [-0.3, -0.25) is 0 Å². The highest BCUT2D eigenvalue weighted by molar-refractivity contribution is 7.80. The van der Waals surface area contributed by atoms with E-state index in [0.717, 1.165) is 47.3 Å². The molecule has 0 spiro atoms. The van der Waals surface area contributed by atoms with Gasteiger partial charge in [0.15, 0.2) is 0 Å². The van der Waals surface area contributed by atoms with Crippen LogP contribution in [0.3, 0.4) is 0 Å². The van der Waals surface area contributed by atoms with E-state index in [1.54, 1.807) is 0 Å². The zero-order chi connectivity index (χ0) is 8.48. The monoisotopic (exact) mass is 210 g/mol. The van der Waals surface area contributed by atoms with E-state index in [1.807, 2.05) is 0 Å². The summed E-state index contributed by atoms with van der Waals surface area (Å²) in [6.45, 7) is 0. The first-order chi connectivity index (χ1) is 6.30. The summed E-state index contributed by atoms with van der Waals surface area (Å²) in [5.41, 5.74) is 0. The van der Waals surface area contributed by atoms with Crippen LogP contribution in [0.25, 0.3) is 0 Å². The molecule has 9 atom stereocenters. The molecule has 0 aromatic carbocycles. The van der Waals surface area contributed by atoms with Crippen molar-refractivity contribution in [2.75, 3.05) is 0 Å². The molecule has 13 heavy (non-hydrogen) atoms. The minimum atomic E-state index is 0.514. The highest BCUT2D eigenvalue weighted by atomic mass is 35.5. The fourth-order valence-corrected chi connectivity index (χ4v) is 7.37. The molecule has 0 amide bonds. The maximum absolute atomic E-state index is 6.55. The van der Waals surface area contributed by atoms with Crippen molar-refractivity contribution in [1.82, 2.24) is 0 Å². The fourth-order valence-electron chi connectivity index (χ4n) is 6.05. The Kier molecular flexibility index (Phi) is 0.850. The van der Waals surface area contributed by atoms with E-state index in [0.29, 0.717) is 5.38 Å². The standard InChI is InChI=1S/C11H11ClS/c12-10-6-2-1-3-5-4(2)8(10)9(5)11(13)7(3)6/h2-10H,1H2. The number of hydrogen-bond acceptors (Lipinski definition) is 1. The summed E-state index contributed by atoms with van der Waals surface area (Å²) in [7, 11) is 0. The van der Waals surface area contributed by atoms with Crippen molar-refractivity contribution >= 4 is 28.7 Å². The molecule has 0 aromatic heterocycles. The van der Waals surface area contributed by atoms with Crippen LogP contribution in [0.15, 0.2) is 0 Å².